The number of rotatable bonds is 3. The summed E-state index contributed by atoms with van der Waals surface area (Å²) in [5, 5.41) is 10.3. The van der Waals surface area contributed by atoms with Crippen LogP contribution in [0.1, 0.15) is 0 Å². The molecule has 0 unspecified atom stereocenters. The van der Waals surface area contributed by atoms with Gasteiger partial charge in [-0.25, -0.2) is 0 Å². The molecule has 8 aromatic rings. The van der Waals surface area contributed by atoms with E-state index in [-0.39, 0.29) is 0 Å². The predicted octanol–water partition coefficient (Wildman–Crippen LogP) is 11.3. The molecule has 0 saturated carbocycles. The zero-order chi connectivity index (χ0) is 26.5. The zero-order valence-corrected chi connectivity index (χ0v) is 22.0. The van der Waals surface area contributed by atoms with Crippen LogP contribution in [0.5, 0.6) is 0 Å². The van der Waals surface area contributed by atoms with Crippen LogP contribution in [0.2, 0.25) is 0 Å². The third-order valence-corrected chi connectivity index (χ3v) is 8.20. The Balaban J connectivity index is 1.31. The second kappa shape index (κ2) is 9.22. The monoisotopic (exact) mass is 506 g/mol. The smallest absolute Gasteiger partial charge is 0.00990 e. The highest BCUT2D eigenvalue weighted by Gasteiger charge is 2.10. The lowest BCUT2D eigenvalue weighted by atomic mass is 9.91. The molecule has 186 valence electrons. The SMILES string of the molecule is c1ccc(-c2cc(-c3ccc4ccccc4c3)cc(-c3ccc4c(ccc5c6ccccc6ccc45)c3)c2)cc1. The van der Waals surface area contributed by atoms with E-state index in [1.807, 2.05) is 0 Å². The fraction of sp³-hybridized carbons (Fsp3) is 0. The van der Waals surface area contributed by atoms with Crippen LogP contribution in [0, 0.1) is 0 Å². The fourth-order valence-corrected chi connectivity index (χ4v) is 6.14. The summed E-state index contributed by atoms with van der Waals surface area (Å²) in [5.41, 5.74) is 7.37. The number of hydrogen-bond acceptors (Lipinski definition) is 0. The summed E-state index contributed by atoms with van der Waals surface area (Å²) in [6.45, 7) is 0. The van der Waals surface area contributed by atoms with Crippen LogP contribution in [0.15, 0.2) is 158 Å². The normalized spacial score (nSPS) is 11.5. The Bertz CT molecular complexity index is 2200. The molecule has 0 nitrogen and oxygen atoms in total. The van der Waals surface area contributed by atoms with Crippen molar-refractivity contribution >= 4 is 43.1 Å². The summed E-state index contributed by atoms with van der Waals surface area (Å²) in [4.78, 5) is 0. The van der Waals surface area contributed by atoms with E-state index in [1.54, 1.807) is 0 Å². The van der Waals surface area contributed by atoms with E-state index >= 15 is 0 Å². The lowest BCUT2D eigenvalue weighted by Gasteiger charge is -2.13. The van der Waals surface area contributed by atoms with Crippen molar-refractivity contribution < 1.29 is 0 Å². The van der Waals surface area contributed by atoms with E-state index in [1.165, 1.54) is 76.5 Å². The first-order valence-electron chi connectivity index (χ1n) is 13.8. The molecule has 0 spiro atoms. The van der Waals surface area contributed by atoms with Gasteiger partial charge in [-0.1, -0.05) is 127 Å². The Hall–Kier alpha value is -5.20. The molecule has 0 fully saturated rings. The van der Waals surface area contributed by atoms with Crippen LogP contribution < -0.4 is 0 Å². The minimum Gasteiger partial charge on any atom is -0.0622 e. The minimum atomic E-state index is 1.23. The molecule has 0 N–H and O–H groups in total. The standard InChI is InChI=1S/C40H26/c1-2-8-27(9-3-1)34-24-35(31-15-14-28-10-4-5-12-30(28)22-31)26-36(25-34)32-17-19-38-33(23-32)18-21-39-37-13-7-6-11-29(37)16-20-40(38)39/h1-26H. The van der Waals surface area contributed by atoms with Crippen LogP contribution >= 0.6 is 0 Å². The van der Waals surface area contributed by atoms with Gasteiger partial charge in [0.15, 0.2) is 0 Å². The topological polar surface area (TPSA) is 0 Å². The molecule has 0 aliphatic carbocycles. The van der Waals surface area contributed by atoms with E-state index in [0.717, 1.165) is 0 Å². The molecule has 8 rings (SSSR count). The van der Waals surface area contributed by atoms with E-state index in [4.69, 9.17) is 0 Å². The third-order valence-electron chi connectivity index (χ3n) is 8.20. The Morgan fingerprint density at radius 2 is 0.675 bits per heavy atom. The molecule has 0 atom stereocenters. The van der Waals surface area contributed by atoms with Crippen LogP contribution in [0.4, 0.5) is 0 Å². The summed E-state index contributed by atoms with van der Waals surface area (Å²) < 4.78 is 0. The summed E-state index contributed by atoms with van der Waals surface area (Å²) >= 11 is 0. The Morgan fingerprint density at radius 1 is 0.200 bits per heavy atom. The molecule has 40 heavy (non-hydrogen) atoms. The Labute approximate surface area is 233 Å². The maximum atomic E-state index is 2.35. The van der Waals surface area contributed by atoms with E-state index in [9.17, 15) is 0 Å². The number of hydrogen-bond donors (Lipinski definition) is 0. The van der Waals surface area contributed by atoms with Crippen molar-refractivity contribution in [3.8, 4) is 33.4 Å². The van der Waals surface area contributed by atoms with Crippen LogP contribution in [-0.4, -0.2) is 0 Å². The molecule has 0 amide bonds. The van der Waals surface area contributed by atoms with E-state index in [2.05, 4.69) is 158 Å². The first-order chi connectivity index (χ1) is 19.8. The number of benzene rings is 8. The quantitative estimate of drug-likeness (QED) is 0.209. The van der Waals surface area contributed by atoms with Crippen LogP contribution in [0.3, 0.4) is 0 Å². The van der Waals surface area contributed by atoms with Crippen LogP contribution in [-0.2, 0) is 0 Å². The molecule has 0 aliphatic rings. The van der Waals surface area contributed by atoms with Crippen LogP contribution in [0.25, 0.3) is 76.5 Å². The molecule has 0 aliphatic heterocycles. The summed E-state index contributed by atoms with van der Waals surface area (Å²) in [6, 6.07) is 57.7. The van der Waals surface area contributed by atoms with Gasteiger partial charge in [0, 0.05) is 0 Å². The summed E-state index contributed by atoms with van der Waals surface area (Å²) in [7, 11) is 0. The van der Waals surface area contributed by atoms with Gasteiger partial charge >= 0.3 is 0 Å². The maximum Gasteiger partial charge on any atom is -0.00990 e. The molecule has 0 saturated heterocycles. The first-order valence-corrected chi connectivity index (χ1v) is 13.8. The third kappa shape index (κ3) is 3.85. The van der Waals surface area contributed by atoms with Crippen molar-refractivity contribution in [2.45, 2.75) is 0 Å². The van der Waals surface area contributed by atoms with Crippen molar-refractivity contribution in [1.29, 1.82) is 0 Å². The van der Waals surface area contributed by atoms with Crippen molar-refractivity contribution in [2.24, 2.45) is 0 Å². The van der Waals surface area contributed by atoms with Gasteiger partial charge in [0.1, 0.15) is 0 Å². The highest BCUT2D eigenvalue weighted by atomic mass is 14.1. The Kier molecular flexibility index (Phi) is 5.24. The second-order valence-corrected chi connectivity index (χ2v) is 10.6. The molecule has 0 heteroatoms. The lowest BCUT2D eigenvalue weighted by Crippen LogP contribution is -1.87. The summed E-state index contributed by atoms with van der Waals surface area (Å²) in [6.07, 6.45) is 0. The van der Waals surface area contributed by atoms with Gasteiger partial charge in [0.05, 0.1) is 0 Å². The zero-order valence-electron chi connectivity index (χ0n) is 22.0. The van der Waals surface area contributed by atoms with Gasteiger partial charge in [0.25, 0.3) is 0 Å². The first kappa shape index (κ1) is 22.8. The number of fused-ring (bicyclic) bond motifs is 6. The largest absolute Gasteiger partial charge is 0.0622 e. The van der Waals surface area contributed by atoms with Gasteiger partial charge in [-0.2, -0.15) is 0 Å². The van der Waals surface area contributed by atoms with Crippen molar-refractivity contribution in [3.05, 3.63) is 158 Å². The highest BCUT2D eigenvalue weighted by Crippen LogP contribution is 2.37. The highest BCUT2D eigenvalue weighted by molar-refractivity contribution is 6.17. The molecular formula is C40H26. The average molecular weight is 507 g/mol. The molecule has 8 aromatic carbocycles. The minimum absolute atomic E-state index is 1.23. The Morgan fingerprint density at radius 3 is 1.43 bits per heavy atom. The molecule has 0 aromatic heterocycles. The molecule has 0 heterocycles. The second-order valence-electron chi connectivity index (χ2n) is 10.6. The van der Waals surface area contributed by atoms with Crippen molar-refractivity contribution in [2.75, 3.05) is 0 Å². The fourth-order valence-electron chi connectivity index (χ4n) is 6.14. The lowest BCUT2D eigenvalue weighted by molar-refractivity contribution is 1.58. The van der Waals surface area contributed by atoms with Gasteiger partial charge < -0.3 is 0 Å². The van der Waals surface area contributed by atoms with Gasteiger partial charge in [-0.15, -0.1) is 0 Å². The van der Waals surface area contributed by atoms with Gasteiger partial charge in [0.2, 0.25) is 0 Å². The van der Waals surface area contributed by atoms with Gasteiger partial charge in [-0.3, -0.25) is 0 Å². The average Bonchev–Trinajstić information content (AvgIpc) is 3.04. The van der Waals surface area contributed by atoms with E-state index < -0.39 is 0 Å². The summed E-state index contributed by atoms with van der Waals surface area (Å²) in [5.74, 6) is 0. The maximum absolute atomic E-state index is 2.35. The van der Waals surface area contributed by atoms with Crippen molar-refractivity contribution in [1.82, 2.24) is 0 Å². The van der Waals surface area contributed by atoms with E-state index in [0.29, 0.717) is 0 Å². The predicted molar refractivity (Wildman–Crippen MR) is 173 cm³/mol. The van der Waals surface area contributed by atoms with Crippen molar-refractivity contribution in [3.63, 3.8) is 0 Å². The molecule has 0 bridgehead atoms. The molecule has 0 radical (unpaired) electrons. The van der Waals surface area contributed by atoms with Gasteiger partial charge in [-0.05, 0) is 107 Å². The molecular weight excluding hydrogens is 480 g/mol.